The molecule has 9 heteroatoms. The number of unbranched alkanes of at least 4 members (excludes halogenated alkanes) is 2. The third-order valence-electron chi connectivity index (χ3n) is 3.10. The molecule has 0 bridgehead atoms. The van der Waals surface area contributed by atoms with Crippen LogP contribution in [-0.4, -0.2) is 44.3 Å². The van der Waals surface area contributed by atoms with Crippen LogP contribution in [0.25, 0.3) is 11.2 Å². The molecule has 2 heterocycles. The molecule has 1 N–H and O–H groups in total. The zero-order chi connectivity index (χ0) is 18.3. The number of carbonyl (C=O) groups excluding carboxylic acids is 2. The monoisotopic (exact) mass is 349 g/mol. The van der Waals surface area contributed by atoms with E-state index < -0.39 is 17.7 Å². The van der Waals surface area contributed by atoms with Crippen molar-refractivity contribution in [2.45, 2.75) is 52.1 Å². The molecule has 9 nitrogen and oxygen atoms in total. The molecule has 2 rings (SSSR count). The second-order valence-corrected chi connectivity index (χ2v) is 6.51. The first-order valence-corrected chi connectivity index (χ1v) is 8.19. The van der Waals surface area contributed by atoms with E-state index >= 15 is 0 Å². The Labute approximate surface area is 145 Å². The molecule has 2 aromatic heterocycles. The lowest BCUT2D eigenvalue weighted by Gasteiger charge is -2.19. The Balaban J connectivity index is 1.61. The number of nitrogens with zero attached hydrogens (tertiary/aromatic N) is 4. The number of rotatable bonds is 7. The third-order valence-corrected chi connectivity index (χ3v) is 3.10. The molecule has 0 spiro atoms. The van der Waals surface area contributed by atoms with Crippen LogP contribution in [0.2, 0.25) is 0 Å². The molecule has 0 unspecified atom stereocenters. The number of carbonyl (C=O) groups is 2. The molecule has 0 fully saturated rings. The molecule has 0 saturated carbocycles. The molecule has 2 aromatic rings. The summed E-state index contributed by atoms with van der Waals surface area (Å²) in [7, 11) is 0. The van der Waals surface area contributed by atoms with Gasteiger partial charge in [0.05, 0.1) is 0 Å². The molecule has 136 valence electrons. The van der Waals surface area contributed by atoms with Gasteiger partial charge < -0.3 is 14.9 Å². The van der Waals surface area contributed by atoms with E-state index in [0.717, 1.165) is 17.7 Å². The van der Waals surface area contributed by atoms with Gasteiger partial charge in [-0.2, -0.15) is 0 Å². The van der Waals surface area contributed by atoms with Gasteiger partial charge >= 0.3 is 12.1 Å². The van der Waals surface area contributed by atoms with Crippen LogP contribution in [0.15, 0.2) is 18.3 Å². The number of amides is 1. The van der Waals surface area contributed by atoms with E-state index in [1.807, 2.05) is 20.8 Å². The lowest BCUT2D eigenvalue weighted by atomic mass is 10.2. The summed E-state index contributed by atoms with van der Waals surface area (Å²) >= 11 is 0. The van der Waals surface area contributed by atoms with E-state index in [4.69, 9.17) is 9.57 Å². The molecule has 0 aliphatic rings. The van der Waals surface area contributed by atoms with Crippen molar-refractivity contribution in [3.63, 3.8) is 0 Å². The van der Waals surface area contributed by atoms with E-state index in [0.29, 0.717) is 24.1 Å². The first-order chi connectivity index (χ1) is 11.8. The van der Waals surface area contributed by atoms with Crippen molar-refractivity contribution in [3.8, 4) is 0 Å². The Hall–Kier alpha value is -2.71. The Morgan fingerprint density at radius 2 is 2.04 bits per heavy atom. The van der Waals surface area contributed by atoms with Gasteiger partial charge in [0.15, 0.2) is 0 Å². The number of ether oxygens (including phenoxy) is 1. The smallest absolute Gasteiger partial charge is 0.407 e. The average Bonchev–Trinajstić information content (AvgIpc) is 2.92. The van der Waals surface area contributed by atoms with Gasteiger partial charge in [-0.25, -0.2) is 14.6 Å². The number of fused-ring (bicyclic) bond motifs is 1. The minimum atomic E-state index is -0.506. The van der Waals surface area contributed by atoms with Crippen molar-refractivity contribution >= 4 is 23.2 Å². The van der Waals surface area contributed by atoms with Crippen LogP contribution in [0, 0.1) is 0 Å². The van der Waals surface area contributed by atoms with Gasteiger partial charge in [-0.05, 0) is 55.8 Å². The van der Waals surface area contributed by atoms with E-state index in [2.05, 4.69) is 20.6 Å². The maximum atomic E-state index is 11.8. The standard InChI is InChI=1S/C16H23N5O4/c1-16(2,3)24-15(23)18-10-6-4-5-9-13(22)25-21-14-12(19-20-21)8-7-11-17-14/h7-8,11H,4-6,9-10H2,1-3H3,(H,18,23). The van der Waals surface area contributed by atoms with E-state index in [9.17, 15) is 9.59 Å². The van der Waals surface area contributed by atoms with Crippen LogP contribution >= 0.6 is 0 Å². The highest BCUT2D eigenvalue weighted by Crippen LogP contribution is 2.07. The predicted molar refractivity (Wildman–Crippen MR) is 89.6 cm³/mol. The minimum Gasteiger partial charge on any atom is -0.444 e. The van der Waals surface area contributed by atoms with Crippen LogP contribution in [0.1, 0.15) is 46.5 Å². The lowest BCUT2D eigenvalue weighted by molar-refractivity contribution is -0.145. The molecule has 0 saturated heterocycles. The van der Waals surface area contributed by atoms with E-state index in [1.54, 1.807) is 18.3 Å². The van der Waals surface area contributed by atoms with Crippen LogP contribution in [0.4, 0.5) is 4.79 Å². The van der Waals surface area contributed by atoms with Gasteiger partial charge in [0, 0.05) is 19.2 Å². The summed E-state index contributed by atoms with van der Waals surface area (Å²) in [5, 5.41) is 10.3. The summed E-state index contributed by atoms with van der Waals surface area (Å²) in [5.41, 5.74) is 0.453. The van der Waals surface area contributed by atoms with Gasteiger partial charge in [0.25, 0.3) is 0 Å². The summed E-state index contributed by atoms with van der Waals surface area (Å²) in [6.45, 7) is 5.94. The maximum Gasteiger partial charge on any atom is 0.407 e. The third kappa shape index (κ3) is 6.36. The molecule has 0 aromatic carbocycles. The van der Waals surface area contributed by atoms with Crippen LogP contribution < -0.4 is 10.2 Å². The van der Waals surface area contributed by atoms with Gasteiger partial charge in [-0.3, -0.25) is 0 Å². The Morgan fingerprint density at radius 3 is 2.80 bits per heavy atom. The molecular formula is C16H23N5O4. The van der Waals surface area contributed by atoms with Crippen LogP contribution in [0.3, 0.4) is 0 Å². The van der Waals surface area contributed by atoms with Crippen molar-refractivity contribution in [2.24, 2.45) is 0 Å². The SMILES string of the molecule is CC(C)(C)OC(=O)NCCCCCC(=O)On1nnc2cccnc21. The number of hydrogen-bond acceptors (Lipinski definition) is 7. The average molecular weight is 349 g/mol. The fraction of sp³-hybridized carbons (Fsp3) is 0.562. The van der Waals surface area contributed by atoms with Crippen LogP contribution in [-0.2, 0) is 9.53 Å². The summed E-state index contributed by atoms with van der Waals surface area (Å²) in [6.07, 6.45) is 3.57. The highest BCUT2D eigenvalue weighted by Gasteiger charge is 2.15. The second kappa shape index (κ2) is 8.41. The lowest BCUT2D eigenvalue weighted by Crippen LogP contribution is -2.33. The topological polar surface area (TPSA) is 108 Å². The predicted octanol–water partition coefficient (Wildman–Crippen LogP) is 1.87. The molecule has 25 heavy (non-hydrogen) atoms. The molecule has 1 amide bonds. The summed E-state index contributed by atoms with van der Waals surface area (Å²) in [4.78, 5) is 33.5. The summed E-state index contributed by atoms with van der Waals surface area (Å²) in [6, 6.07) is 3.46. The van der Waals surface area contributed by atoms with Crippen molar-refractivity contribution < 1.29 is 19.2 Å². The number of aromatic nitrogens is 4. The van der Waals surface area contributed by atoms with Crippen molar-refractivity contribution in [2.75, 3.05) is 6.54 Å². The van der Waals surface area contributed by atoms with Gasteiger partial charge in [0.1, 0.15) is 11.1 Å². The molecule has 0 aliphatic heterocycles. The van der Waals surface area contributed by atoms with Crippen molar-refractivity contribution in [1.82, 2.24) is 25.5 Å². The highest BCUT2D eigenvalue weighted by molar-refractivity contribution is 5.72. The summed E-state index contributed by atoms with van der Waals surface area (Å²) < 4.78 is 5.13. The molecular weight excluding hydrogens is 326 g/mol. The largest absolute Gasteiger partial charge is 0.444 e. The Bertz CT molecular complexity index is 723. The quantitative estimate of drug-likeness (QED) is 0.600. The number of hydrogen-bond donors (Lipinski definition) is 1. The minimum absolute atomic E-state index is 0.251. The first-order valence-electron chi connectivity index (χ1n) is 8.19. The Kier molecular flexibility index (Phi) is 6.26. The molecule has 0 radical (unpaired) electrons. The van der Waals surface area contributed by atoms with E-state index in [1.165, 1.54) is 0 Å². The fourth-order valence-electron chi connectivity index (χ4n) is 2.02. The van der Waals surface area contributed by atoms with Gasteiger partial charge in [0.2, 0.25) is 5.65 Å². The molecule has 0 aliphatic carbocycles. The fourth-order valence-corrected chi connectivity index (χ4v) is 2.02. The van der Waals surface area contributed by atoms with Crippen molar-refractivity contribution in [1.29, 1.82) is 0 Å². The zero-order valence-corrected chi connectivity index (χ0v) is 14.7. The first kappa shape index (κ1) is 18.6. The highest BCUT2D eigenvalue weighted by atomic mass is 16.7. The number of alkyl carbamates (subject to hydrolysis) is 1. The maximum absolute atomic E-state index is 11.8. The molecule has 0 atom stereocenters. The number of nitrogens with one attached hydrogen (secondary N) is 1. The summed E-state index contributed by atoms with van der Waals surface area (Å²) in [5.74, 6) is -0.405. The van der Waals surface area contributed by atoms with Gasteiger partial charge in [-0.15, -0.1) is 5.10 Å². The second-order valence-electron chi connectivity index (χ2n) is 6.51. The van der Waals surface area contributed by atoms with E-state index in [-0.39, 0.29) is 6.42 Å². The normalized spacial score (nSPS) is 11.3. The Morgan fingerprint density at radius 1 is 1.24 bits per heavy atom. The van der Waals surface area contributed by atoms with Crippen LogP contribution in [0.5, 0.6) is 0 Å². The van der Waals surface area contributed by atoms with Gasteiger partial charge in [-0.1, -0.05) is 6.42 Å². The number of pyridine rings is 1. The zero-order valence-electron chi connectivity index (χ0n) is 14.7. The van der Waals surface area contributed by atoms with Crippen molar-refractivity contribution in [3.05, 3.63) is 18.3 Å².